The number of fused-ring (bicyclic) bond motifs is 1. The number of likely N-dealkylation sites (N-methyl/N-ethyl adjacent to an activating group) is 1. The van der Waals surface area contributed by atoms with E-state index in [1.54, 1.807) is 0 Å². The van der Waals surface area contributed by atoms with Crippen LogP contribution < -0.4 is 10.6 Å². The molecule has 0 spiro atoms. The lowest BCUT2D eigenvalue weighted by atomic mass is 9.96. The summed E-state index contributed by atoms with van der Waals surface area (Å²) in [6.07, 6.45) is 4.60. The SMILES string of the molecule is CSCCN(C)C(CN)c1ccc2c(c1)CCCN2C. The molecule has 0 saturated carbocycles. The van der Waals surface area contributed by atoms with Gasteiger partial charge < -0.3 is 10.6 Å². The Morgan fingerprint density at radius 1 is 1.45 bits per heavy atom. The zero-order chi connectivity index (χ0) is 14.5. The summed E-state index contributed by atoms with van der Waals surface area (Å²) >= 11 is 1.89. The number of benzene rings is 1. The minimum atomic E-state index is 0.333. The van der Waals surface area contributed by atoms with Gasteiger partial charge in [0.1, 0.15) is 0 Å². The van der Waals surface area contributed by atoms with Gasteiger partial charge in [-0.1, -0.05) is 12.1 Å². The van der Waals surface area contributed by atoms with Crippen molar-refractivity contribution in [2.24, 2.45) is 5.73 Å². The van der Waals surface area contributed by atoms with Crippen LogP contribution in [0, 0.1) is 0 Å². The van der Waals surface area contributed by atoms with Gasteiger partial charge in [0.2, 0.25) is 0 Å². The van der Waals surface area contributed by atoms with Crippen LogP contribution in [0.4, 0.5) is 5.69 Å². The molecule has 1 heterocycles. The van der Waals surface area contributed by atoms with Crippen LogP contribution in [0.2, 0.25) is 0 Å². The first-order chi connectivity index (χ1) is 9.67. The number of thioether (sulfide) groups is 1. The van der Waals surface area contributed by atoms with Crippen molar-refractivity contribution in [2.45, 2.75) is 18.9 Å². The number of anilines is 1. The molecule has 0 aromatic heterocycles. The molecule has 0 amide bonds. The van der Waals surface area contributed by atoms with Crippen molar-refractivity contribution in [3.05, 3.63) is 29.3 Å². The Bertz CT molecular complexity index is 436. The minimum Gasteiger partial charge on any atom is -0.374 e. The summed E-state index contributed by atoms with van der Waals surface area (Å²) in [6.45, 7) is 2.93. The summed E-state index contributed by atoms with van der Waals surface area (Å²) in [5.41, 5.74) is 10.3. The van der Waals surface area contributed by atoms with Gasteiger partial charge in [-0.2, -0.15) is 11.8 Å². The molecule has 0 fully saturated rings. The quantitative estimate of drug-likeness (QED) is 0.873. The number of aryl methyl sites for hydroxylation is 1. The molecule has 1 atom stereocenters. The zero-order valence-corrected chi connectivity index (χ0v) is 13.7. The van der Waals surface area contributed by atoms with E-state index >= 15 is 0 Å². The molecule has 0 radical (unpaired) electrons. The molecular weight excluding hydrogens is 266 g/mol. The van der Waals surface area contributed by atoms with Gasteiger partial charge in [-0.05, 0) is 43.3 Å². The first-order valence-corrected chi connectivity index (χ1v) is 8.80. The highest BCUT2D eigenvalue weighted by atomic mass is 32.2. The minimum absolute atomic E-state index is 0.333. The predicted octanol–water partition coefficient (Wildman–Crippen LogP) is 2.36. The van der Waals surface area contributed by atoms with Gasteiger partial charge in [0.25, 0.3) is 0 Å². The van der Waals surface area contributed by atoms with E-state index in [4.69, 9.17) is 5.73 Å². The molecule has 20 heavy (non-hydrogen) atoms. The Labute approximate surface area is 127 Å². The fourth-order valence-electron chi connectivity index (χ4n) is 2.97. The van der Waals surface area contributed by atoms with Crippen molar-refractivity contribution in [3.8, 4) is 0 Å². The van der Waals surface area contributed by atoms with Gasteiger partial charge in [0.05, 0.1) is 0 Å². The van der Waals surface area contributed by atoms with E-state index < -0.39 is 0 Å². The summed E-state index contributed by atoms with van der Waals surface area (Å²) in [5, 5.41) is 0. The van der Waals surface area contributed by atoms with E-state index in [9.17, 15) is 0 Å². The number of rotatable bonds is 6. The third-order valence-electron chi connectivity index (χ3n) is 4.24. The lowest BCUT2D eigenvalue weighted by Gasteiger charge is -2.31. The molecule has 4 heteroatoms. The van der Waals surface area contributed by atoms with E-state index in [2.05, 4.69) is 48.4 Å². The number of hydrogen-bond acceptors (Lipinski definition) is 4. The molecule has 1 aromatic carbocycles. The number of nitrogens with zero attached hydrogens (tertiary/aromatic N) is 2. The van der Waals surface area contributed by atoms with Crippen molar-refractivity contribution in [1.82, 2.24) is 4.90 Å². The van der Waals surface area contributed by atoms with E-state index in [1.165, 1.54) is 36.2 Å². The maximum absolute atomic E-state index is 6.02. The Morgan fingerprint density at radius 3 is 2.95 bits per heavy atom. The van der Waals surface area contributed by atoms with E-state index in [0.29, 0.717) is 12.6 Å². The third kappa shape index (κ3) is 3.48. The topological polar surface area (TPSA) is 32.5 Å². The summed E-state index contributed by atoms with van der Waals surface area (Å²) in [5.74, 6) is 1.15. The van der Waals surface area contributed by atoms with Crippen molar-refractivity contribution < 1.29 is 0 Å². The van der Waals surface area contributed by atoms with Crippen molar-refractivity contribution in [1.29, 1.82) is 0 Å². The van der Waals surface area contributed by atoms with Crippen LogP contribution in [0.5, 0.6) is 0 Å². The van der Waals surface area contributed by atoms with E-state index in [0.717, 1.165) is 12.3 Å². The Hall–Kier alpha value is -0.710. The summed E-state index contributed by atoms with van der Waals surface area (Å²) < 4.78 is 0. The molecule has 1 aliphatic rings. The molecule has 3 nitrogen and oxygen atoms in total. The second-order valence-corrected chi connectivity index (χ2v) is 6.62. The highest BCUT2D eigenvalue weighted by Crippen LogP contribution is 2.30. The molecule has 1 aliphatic heterocycles. The smallest absolute Gasteiger partial charge is 0.0467 e. The highest BCUT2D eigenvalue weighted by molar-refractivity contribution is 7.98. The summed E-state index contributed by atoms with van der Waals surface area (Å²) in [4.78, 5) is 4.74. The Kier molecular flexibility index (Phi) is 5.75. The van der Waals surface area contributed by atoms with Crippen LogP contribution in [0.15, 0.2) is 18.2 Å². The van der Waals surface area contributed by atoms with Crippen LogP contribution in [-0.4, -0.2) is 50.6 Å². The van der Waals surface area contributed by atoms with Gasteiger partial charge in [0.15, 0.2) is 0 Å². The summed E-state index contributed by atoms with van der Waals surface area (Å²) in [7, 11) is 4.36. The lowest BCUT2D eigenvalue weighted by molar-refractivity contribution is 0.265. The van der Waals surface area contributed by atoms with Crippen LogP contribution in [0.1, 0.15) is 23.6 Å². The maximum Gasteiger partial charge on any atom is 0.0467 e. The average molecular weight is 293 g/mol. The second kappa shape index (κ2) is 7.34. The Morgan fingerprint density at radius 2 is 2.25 bits per heavy atom. The second-order valence-electron chi connectivity index (χ2n) is 5.64. The zero-order valence-electron chi connectivity index (χ0n) is 12.9. The van der Waals surface area contributed by atoms with Crippen LogP contribution in [-0.2, 0) is 6.42 Å². The standard InChI is InChI=1S/C16H27N3S/c1-18-8-4-5-13-11-14(6-7-15(13)18)16(12-17)19(2)9-10-20-3/h6-7,11,16H,4-5,8-10,12,17H2,1-3H3. The van der Waals surface area contributed by atoms with Crippen LogP contribution in [0.3, 0.4) is 0 Å². The molecule has 0 saturated heterocycles. The van der Waals surface area contributed by atoms with Crippen molar-refractivity contribution in [2.75, 3.05) is 50.6 Å². The molecule has 2 rings (SSSR count). The molecule has 2 N–H and O–H groups in total. The fraction of sp³-hybridized carbons (Fsp3) is 0.625. The monoisotopic (exact) mass is 293 g/mol. The predicted molar refractivity (Wildman–Crippen MR) is 90.8 cm³/mol. The van der Waals surface area contributed by atoms with Gasteiger partial charge in [-0.25, -0.2) is 0 Å². The normalized spacial score (nSPS) is 16.4. The molecule has 0 aliphatic carbocycles. The van der Waals surface area contributed by atoms with Crippen molar-refractivity contribution >= 4 is 17.4 Å². The molecule has 1 aromatic rings. The Balaban J connectivity index is 2.18. The average Bonchev–Trinajstić information content (AvgIpc) is 2.46. The van der Waals surface area contributed by atoms with Gasteiger partial charge in [0, 0.05) is 44.2 Å². The lowest BCUT2D eigenvalue weighted by Crippen LogP contribution is -2.32. The molecule has 0 bridgehead atoms. The van der Waals surface area contributed by atoms with Crippen molar-refractivity contribution in [3.63, 3.8) is 0 Å². The largest absolute Gasteiger partial charge is 0.374 e. The number of hydrogen-bond donors (Lipinski definition) is 1. The van der Waals surface area contributed by atoms with Gasteiger partial charge in [-0.3, -0.25) is 4.90 Å². The summed E-state index contributed by atoms with van der Waals surface area (Å²) in [6, 6.07) is 7.24. The van der Waals surface area contributed by atoms with E-state index in [-0.39, 0.29) is 0 Å². The molecule has 1 unspecified atom stereocenters. The first-order valence-electron chi connectivity index (χ1n) is 7.40. The van der Waals surface area contributed by atoms with Gasteiger partial charge in [-0.15, -0.1) is 0 Å². The first kappa shape index (κ1) is 15.7. The number of nitrogens with two attached hydrogens (primary N) is 1. The molecule has 112 valence electrons. The highest BCUT2D eigenvalue weighted by Gasteiger charge is 2.19. The third-order valence-corrected chi connectivity index (χ3v) is 4.83. The van der Waals surface area contributed by atoms with Gasteiger partial charge >= 0.3 is 0 Å². The molecular formula is C16H27N3S. The van der Waals surface area contributed by atoms with Crippen LogP contribution in [0.25, 0.3) is 0 Å². The van der Waals surface area contributed by atoms with Crippen LogP contribution >= 0.6 is 11.8 Å². The fourth-order valence-corrected chi connectivity index (χ4v) is 3.44. The maximum atomic E-state index is 6.02. The van der Waals surface area contributed by atoms with E-state index in [1.807, 2.05) is 11.8 Å².